The van der Waals surface area contributed by atoms with E-state index in [1.165, 1.54) is 0 Å². The number of aromatic nitrogens is 5. The summed E-state index contributed by atoms with van der Waals surface area (Å²) < 4.78 is 7.95. The van der Waals surface area contributed by atoms with Gasteiger partial charge < -0.3 is 14.6 Å². The molecule has 4 aromatic rings. The quantitative estimate of drug-likeness (QED) is 0.511. The van der Waals surface area contributed by atoms with E-state index in [-0.39, 0.29) is 5.91 Å². The number of rotatable bonds is 1. The van der Waals surface area contributed by atoms with Crippen molar-refractivity contribution < 1.29 is 9.53 Å². The Morgan fingerprint density at radius 1 is 1.00 bits per heavy atom. The van der Waals surface area contributed by atoms with E-state index in [9.17, 15) is 4.79 Å². The molecule has 1 aliphatic rings. The summed E-state index contributed by atoms with van der Waals surface area (Å²) in [5.41, 5.74) is 3.01. The van der Waals surface area contributed by atoms with Gasteiger partial charge in [-0.25, -0.2) is 4.98 Å². The Hall–Kier alpha value is -4.07. The smallest absolute Gasteiger partial charge is 0.260 e. The maximum absolute atomic E-state index is 13.2. The van der Waals surface area contributed by atoms with Gasteiger partial charge in [0.25, 0.3) is 5.91 Å². The highest BCUT2D eigenvalue weighted by atomic mass is 16.5. The van der Waals surface area contributed by atoms with Crippen LogP contribution in [0, 0.1) is 0 Å². The molecule has 0 saturated heterocycles. The highest BCUT2D eigenvalue weighted by Crippen LogP contribution is 2.28. The van der Waals surface area contributed by atoms with Gasteiger partial charge in [-0.2, -0.15) is 0 Å². The van der Waals surface area contributed by atoms with Gasteiger partial charge in [0.2, 0.25) is 0 Å². The summed E-state index contributed by atoms with van der Waals surface area (Å²) in [7, 11) is 0. The fraction of sp³-hybridized carbons (Fsp3) is 0.174. The third-order valence-corrected chi connectivity index (χ3v) is 5.12. The average Bonchev–Trinajstić information content (AvgIpc) is 3.28. The molecule has 5 rings (SSSR count). The van der Waals surface area contributed by atoms with Crippen molar-refractivity contribution in [2.24, 2.45) is 0 Å². The van der Waals surface area contributed by atoms with Gasteiger partial charge in [0.05, 0.1) is 12.2 Å². The lowest BCUT2D eigenvalue weighted by atomic mass is 10.0. The number of nitrogens with zero attached hydrogens (tertiary/aromatic N) is 5. The Morgan fingerprint density at radius 2 is 1.90 bits per heavy atom. The van der Waals surface area contributed by atoms with E-state index in [4.69, 9.17) is 4.74 Å². The highest BCUT2D eigenvalue weighted by Gasteiger charge is 2.17. The molecule has 154 valence electrons. The van der Waals surface area contributed by atoms with Crippen LogP contribution in [-0.4, -0.2) is 37.2 Å². The van der Waals surface area contributed by atoms with Gasteiger partial charge in [-0.05, 0) is 60.4 Å². The zero-order valence-corrected chi connectivity index (χ0v) is 16.7. The Bertz CT molecular complexity index is 1220. The van der Waals surface area contributed by atoms with Crippen LogP contribution in [0.5, 0.6) is 5.75 Å². The lowest BCUT2D eigenvalue weighted by Gasteiger charge is -2.15. The fourth-order valence-corrected chi connectivity index (χ4v) is 3.55. The van der Waals surface area contributed by atoms with Crippen LogP contribution in [0.25, 0.3) is 22.6 Å². The first-order valence-corrected chi connectivity index (χ1v) is 10.1. The summed E-state index contributed by atoms with van der Waals surface area (Å²) in [4.78, 5) is 21.8. The Kier molecular flexibility index (Phi) is 5.10. The van der Waals surface area contributed by atoms with Gasteiger partial charge in [0.1, 0.15) is 23.6 Å². The van der Waals surface area contributed by atoms with Crippen molar-refractivity contribution >= 4 is 11.7 Å². The third-order valence-electron chi connectivity index (χ3n) is 5.12. The second-order valence-corrected chi connectivity index (χ2v) is 7.21. The number of carbonyl (C=O) groups excluding carboxylic acids is 1. The zero-order chi connectivity index (χ0) is 21.0. The number of fused-ring (bicyclic) bond motifs is 5. The number of amides is 1. The molecule has 0 unspecified atom stereocenters. The van der Waals surface area contributed by atoms with Crippen molar-refractivity contribution in [1.29, 1.82) is 0 Å². The minimum absolute atomic E-state index is 0.283. The molecule has 0 atom stereocenters. The van der Waals surface area contributed by atoms with Crippen molar-refractivity contribution in [2.75, 3.05) is 11.9 Å². The molecule has 8 heteroatoms. The molecule has 0 fully saturated rings. The summed E-state index contributed by atoms with van der Waals surface area (Å²) in [6.07, 6.45) is 6.88. The molecule has 2 bridgehead atoms. The highest BCUT2D eigenvalue weighted by molar-refractivity contribution is 6.06. The van der Waals surface area contributed by atoms with E-state index >= 15 is 0 Å². The lowest BCUT2D eigenvalue weighted by Crippen LogP contribution is -2.16. The second-order valence-electron chi connectivity index (χ2n) is 7.21. The van der Waals surface area contributed by atoms with Crippen molar-refractivity contribution in [3.63, 3.8) is 0 Å². The number of ether oxygens (including phenoxy) is 1. The van der Waals surface area contributed by atoms with Crippen molar-refractivity contribution in [1.82, 2.24) is 24.7 Å². The first-order valence-electron chi connectivity index (χ1n) is 10.1. The van der Waals surface area contributed by atoms with Crippen LogP contribution in [0.1, 0.15) is 23.2 Å². The summed E-state index contributed by atoms with van der Waals surface area (Å²) in [6, 6.07) is 14.9. The molecule has 8 nitrogen and oxygen atoms in total. The van der Waals surface area contributed by atoms with Crippen LogP contribution < -0.4 is 10.1 Å². The molecule has 0 saturated carbocycles. The maximum atomic E-state index is 13.2. The summed E-state index contributed by atoms with van der Waals surface area (Å²) in [5.74, 6) is 1.38. The molecule has 31 heavy (non-hydrogen) atoms. The largest absolute Gasteiger partial charge is 0.493 e. The average molecular weight is 412 g/mol. The van der Waals surface area contributed by atoms with Gasteiger partial charge in [-0.3, -0.25) is 9.78 Å². The zero-order valence-electron chi connectivity index (χ0n) is 16.7. The number of hydrogen-bond donors (Lipinski definition) is 1. The first-order chi connectivity index (χ1) is 15.3. The molecule has 0 spiro atoms. The van der Waals surface area contributed by atoms with E-state index in [0.29, 0.717) is 35.3 Å². The summed E-state index contributed by atoms with van der Waals surface area (Å²) >= 11 is 0. The van der Waals surface area contributed by atoms with E-state index in [1.807, 2.05) is 47.0 Å². The summed E-state index contributed by atoms with van der Waals surface area (Å²) in [5, 5.41) is 11.1. The fourth-order valence-electron chi connectivity index (χ4n) is 3.55. The normalized spacial score (nSPS) is 13.9. The van der Waals surface area contributed by atoms with Crippen LogP contribution in [0.3, 0.4) is 0 Å². The number of aryl methyl sites for hydroxylation is 1. The number of nitrogens with one attached hydrogen (secondary N) is 1. The van der Waals surface area contributed by atoms with Crippen molar-refractivity contribution in [3.8, 4) is 28.4 Å². The number of carbonyl (C=O) groups is 1. The van der Waals surface area contributed by atoms with E-state index in [0.717, 1.165) is 30.5 Å². The standard InChI is InChI=1S/C23H20N6O2/c30-23-18-14-17(16-8-10-24-11-9-16)6-7-20(18)31-13-2-1-12-29-15-25-28-22(29)19-4-3-5-21(26-19)27-23/h3-11,14-15H,1-2,12-13H2,(H,26,27,30). The van der Waals surface area contributed by atoms with Crippen molar-refractivity contribution in [3.05, 3.63) is 72.8 Å². The van der Waals surface area contributed by atoms with Gasteiger partial charge in [0.15, 0.2) is 5.82 Å². The SMILES string of the molecule is O=C1Nc2cccc(n2)-c2nncn2CCCCOc2ccc(-c3ccncc3)cc21. The van der Waals surface area contributed by atoms with E-state index in [1.54, 1.807) is 24.8 Å². The minimum atomic E-state index is -0.283. The molecule has 0 radical (unpaired) electrons. The Balaban J connectivity index is 1.54. The molecular weight excluding hydrogens is 392 g/mol. The van der Waals surface area contributed by atoms with Gasteiger partial charge in [0, 0.05) is 18.9 Å². The third kappa shape index (κ3) is 4.00. The van der Waals surface area contributed by atoms with Crippen LogP contribution in [0.2, 0.25) is 0 Å². The van der Waals surface area contributed by atoms with Crippen LogP contribution in [0.4, 0.5) is 5.82 Å². The second kappa shape index (κ2) is 8.35. The lowest BCUT2D eigenvalue weighted by molar-refractivity contribution is 0.102. The van der Waals surface area contributed by atoms with E-state index < -0.39 is 0 Å². The Morgan fingerprint density at radius 3 is 2.81 bits per heavy atom. The predicted octanol–water partition coefficient (Wildman–Crippen LogP) is 3.83. The molecular formula is C23H20N6O2. The van der Waals surface area contributed by atoms with Crippen molar-refractivity contribution in [2.45, 2.75) is 19.4 Å². The van der Waals surface area contributed by atoms with Gasteiger partial charge in [-0.1, -0.05) is 12.1 Å². The molecule has 1 N–H and O–H groups in total. The molecule has 1 aliphatic heterocycles. The van der Waals surface area contributed by atoms with E-state index in [2.05, 4.69) is 25.5 Å². The molecule has 4 heterocycles. The Labute approximate surface area is 179 Å². The van der Waals surface area contributed by atoms with Crippen LogP contribution in [0.15, 0.2) is 67.3 Å². The minimum Gasteiger partial charge on any atom is -0.493 e. The maximum Gasteiger partial charge on any atom is 0.260 e. The van der Waals surface area contributed by atoms with Crippen LogP contribution in [-0.2, 0) is 6.54 Å². The predicted molar refractivity (Wildman–Crippen MR) is 116 cm³/mol. The molecule has 3 aromatic heterocycles. The first kappa shape index (κ1) is 18.9. The summed E-state index contributed by atoms with van der Waals surface area (Å²) in [6.45, 7) is 1.27. The number of pyridine rings is 2. The molecule has 1 amide bonds. The van der Waals surface area contributed by atoms with Crippen LogP contribution >= 0.6 is 0 Å². The molecule has 0 aliphatic carbocycles. The number of anilines is 1. The number of hydrogen-bond acceptors (Lipinski definition) is 6. The number of benzene rings is 1. The van der Waals surface area contributed by atoms with Gasteiger partial charge in [-0.15, -0.1) is 10.2 Å². The topological polar surface area (TPSA) is 94.8 Å². The molecule has 1 aromatic carbocycles. The van der Waals surface area contributed by atoms with Gasteiger partial charge >= 0.3 is 0 Å². The monoisotopic (exact) mass is 412 g/mol.